The van der Waals surface area contributed by atoms with Gasteiger partial charge >= 0.3 is 5.97 Å². The lowest BCUT2D eigenvalue weighted by molar-refractivity contribution is -0.384. The highest BCUT2D eigenvalue weighted by atomic mass is 35.5. The van der Waals surface area contributed by atoms with E-state index in [1.54, 1.807) is 0 Å². The summed E-state index contributed by atoms with van der Waals surface area (Å²) < 4.78 is 4.98. The van der Waals surface area contributed by atoms with Gasteiger partial charge in [0.05, 0.1) is 27.4 Å². The Hall–Kier alpha value is -3.50. The fraction of sp³-hybridized carbons (Fsp3) is 0.200. The molecule has 1 aliphatic heterocycles. The lowest BCUT2D eigenvalue weighted by Crippen LogP contribution is -2.43. The summed E-state index contributed by atoms with van der Waals surface area (Å²) in [4.78, 5) is 59.1. The molecule has 166 valence electrons. The maximum atomic E-state index is 12.3. The van der Waals surface area contributed by atoms with Crippen molar-refractivity contribution >= 4 is 52.5 Å². The first-order chi connectivity index (χ1) is 15.2. The van der Waals surface area contributed by atoms with Crippen LogP contribution >= 0.6 is 23.2 Å². The Bertz CT molecular complexity index is 1120. The molecule has 2 aromatic rings. The van der Waals surface area contributed by atoms with E-state index in [0.29, 0.717) is 0 Å². The van der Waals surface area contributed by atoms with Gasteiger partial charge in [0, 0.05) is 29.7 Å². The summed E-state index contributed by atoms with van der Waals surface area (Å²) in [6, 6.07) is 9.21. The lowest BCUT2D eigenvalue weighted by atomic mass is 10.1. The molecule has 1 atom stereocenters. The fourth-order valence-corrected chi connectivity index (χ4v) is 3.23. The summed E-state index contributed by atoms with van der Waals surface area (Å²) in [6.45, 7) is -0.782. The van der Waals surface area contributed by atoms with E-state index in [1.165, 1.54) is 36.4 Å². The van der Waals surface area contributed by atoms with Gasteiger partial charge in [-0.15, -0.1) is 0 Å². The number of esters is 1. The molecule has 1 aliphatic rings. The van der Waals surface area contributed by atoms with E-state index in [1.807, 2.05) is 0 Å². The molecule has 3 rings (SSSR count). The minimum Gasteiger partial charge on any atom is -0.457 e. The van der Waals surface area contributed by atoms with Crippen molar-refractivity contribution in [2.75, 3.05) is 13.2 Å². The normalized spacial score (nSPS) is 15.4. The number of non-ortho nitro benzene ring substituents is 1. The Balaban J connectivity index is 1.55. The van der Waals surface area contributed by atoms with Crippen molar-refractivity contribution in [1.82, 2.24) is 10.4 Å². The van der Waals surface area contributed by atoms with Crippen LogP contribution in [0.25, 0.3) is 0 Å². The number of nitrogens with one attached hydrogen (secondary N) is 1. The fourth-order valence-electron chi connectivity index (χ4n) is 2.93. The quantitative estimate of drug-likeness (QED) is 0.279. The maximum Gasteiger partial charge on any atom is 0.311 e. The summed E-state index contributed by atoms with van der Waals surface area (Å²) in [7, 11) is 0. The molecule has 2 aromatic carbocycles. The number of benzene rings is 2. The van der Waals surface area contributed by atoms with Crippen molar-refractivity contribution in [3.8, 4) is 0 Å². The molecule has 10 nitrogen and oxygen atoms in total. The van der Waals surface area contributed by atoms with Crippen LogP contribution in [-0.4, -0.2) is 46.7 Å². The summed E-state index contributed by atoms with van der Waals surface area (Å²) in [5.41, 5.74) is 2.31. The number of carbonyl (C=O) groups excluding carboxylic acids is 4. The first-order valence-electron chi connectivity index (χ1n) is 9.16. The zero-order valence-corrected chi connectivity index (χ0v) is 17.8. The molecule has 0 radical (unpaired) electrons. The van der Waals surface area contributed by atoms with Crippen molar-refractivity contribution in [2.24, 2.45) is 5.92 Å². The SMILES string of the molecule is O=C(COC(=O)[C@@H]1CC(=O)N(NC(=O)c2ccc(Cl)c(Cl)c2)C1)c1cccc([N+](=O)[O-])c1. The topological polar surface area (TPSA) is 136 Å². The van der Waals surface area contributed by atoms with Crippen LogP contribution in [-0.2, 0) is 14.3 Å². The van der Waals surface area contributed by atoms with E-state index in [4.69, 9.17) is 27.9 Å². The number of nitrogens with zero attached hydrogens (tertiary/aromatic N) is 2. The molecule has 0 aromatic heterocycles. The highest BCUT2D eigenvalue weighted by molar-refractivity contribution is 6.42. The number of nitro groups is 1. The summed E-state index contributed by atoms with van der Waals surface area (Å²) in [5.74, 6) is -3.45. The molecule has 0 aliphatic carbocycles. The summed E-state index contributed by atoms with van der Waals surface area (Å²) in [5, 5.41) is 12.2. The van der Waals surface area contributed by atoms with Crippen LogP contribution in [0.4, 0.5) is 5.69 Å². The second kappa shape index (κ2) is 9.75. The van der Waals surface area contributed by atoms with Gasteiger partial charge in [-0.05, 0) is 18.2 Å². The van der Waals surface area contributed by atoms with Crippen LogP contribution in [0.15, 0.2) is 42.5 Å². The van der Waals surface area contributed by atoms with Crippen LogP contribution < -0.4 is 5.43 Å². The predicted octanol–water partition coefficient (Wildman–Crippen LogP) is 2.82. The van der Waals surface area contributed by atoms with Crippen LogP contribution in [0.5, 0.6) is 0 Å². The third-order valence-corrected chi connectivity index (χ3v) is 5.34. The average Bonchev–Trinajstić information content (AvgIpc) is 3.13. The number of Topliss-reactive ketones (excluding diaryl/α,β-unsaturated/α-hetero) is 1. The summed E-state index contributed by atoms with van der Waals surface area (Å²) >= 11 is 11.7. The van der Waals surface area contributed by atoms with Crippen molar-refractivity contribution in [1.29, 1.82) is 0 Å². The number of hydrogen-bond donors (Lipinski definition) is 1. The molecule has 1 saturated heterocycles. The average molecular weight is 480 g/mol. The number of rotatable bonds is 7. The van der Waals surface area contributed by atoms with Gasteiger partial charge in [-0.3, -0.25) is 39.7 Å². The van der Waals surface area contributed by atoms with Gasteiger partial charge in [-0.2, -0.15) is 0 Å². The second-order valence-corrected chi connectivity index (χ2v) is 7.63. The monoisotopic (exact) mass is 479 g/mol. The predicted molar refractivity (Wildman–Crippen MR) is 112 cm³/mol. The van der Waals surface area contributed by atoms with Gasteiger partial charge in [0.15, 0.2) is 6.61 Å². The van der Waals surface area contributed by atoms with Crippen molar-refractivity contribution < 1.29 is 28.8 Å². The van der Waals surface area contributed by atoms with E-state index in [0.717, 1.165) is 11.1 Å². The molecule has 12 heteroatoms. The molecule has 32 heavy (non-hydrogen) atoms. The maximum absolute atomic E-state index is 12.3. The highest BCUT2D eigenvalue weighted by Gasteiger charge is 2.36. The molecule has 0 spiro atoms. The van der Waals surface area contributed by atoms with Crippen LogP contribution in [0.3, 0.4) is 0 Å². The zero-order valence-electron chi connectivity index (χ0n) is 16.2. The largest absolute Gasteiger partial charge is 0.457 e. The molecule has 0 unspecified atom stereocenters. The second-order valence-electron chi connectivity index (χ2n) is 6.81. The molecule has 0 saturated carbocycles. The Kier molecular flexibility index (Phi) is 7.06. The van der Waals surface area contributed by atoms with Gasteiger partial charge in [0.2, 0.25) is 11.7 Å². The summed E-state index contributed by atoms with van der Waals surface area (Å²) in [6.07, 6.45) is -0.217. The van der Waals surface area contributed by atoms with Crippen LogP contribution in [0.2, 0.25) is 10.0 Å². The van der Waals surface area contributed by atoms with E-state index < -0.39 is 41.0 Å². The molecule has 1 heterocycles. The van der Waals surface area contributed by atoms with Crippen molar-refractivity contribution in [2.45, 2.75) is 6.42 Å². The Morgan fingerprint density at radius 2 is 1.88 bits per heavy atom. The lowest BCUT2D eigenvalue weighted by Gasteiger charge is -2.17. The van der Waals surface area contributed by atoms with Crippen molar-refractivity contribution in [3.05, 3.63) is 73.8 Å². The molecule has 1 N–H and O–H groups in total. The zero-order chi connectivity index (χ0) is 23.4. The number of hydrogen-bond acceptors (Lipinski definition) is 7. The van der Waals surface area contributed by atoms with E-state index >= 15 is 0 Å². The number of halogens is 2. The number of ether oxygens (including phenoxy) is 1. The Morgan fingerprint density at radius 3 is 2.56 bits per heavy atom. The smallest absolute Gasteiger partial charge is 0.311 e. The molecular weight excluding hydrogens is 465 g/mol. The third-order valence-electron chi connectivity index (χ3n) is 4.60. The third kappa shape index (κ3) is 5.40. The van der Waals surface area contributed by atoms with Gasteiger partial charge in [-0.1, -0.05) is 35.3 Å². The number of carbonyl (C=O) groups is 4. The number of hydrazine groups is 1. The van der Waals surface area contributed by atoms with Crippen LogP contribution in [0.1, 0.15) is 27.1 Å². The van der Waals surface area contributed by atoms with Gasteiger partial charge in [0.25, 0.3) is 11.6 Å². The number of ketones is 1. The van der Waals surface area contributed by atoms with Crippen molar-refractivity contribution in [3.63, 3.8) is 0 Å². The Labute approximate surface area is 191 Å². The Morgan fingerprint density at radius 1 is 1.12 bits per heavy atom. The number of amides is 2. The molecule has 1 fully saturated rings. The number of nitro benzene ring substituents is 1. The van der Waals surface area contributed by atoms with E-state index in [-0.39, 0.29) is 39.8 Å². The minimum absolute atomic E-state index is 0.0185. The van der Waals surface area contributed by atoms with Gasteiger partial charge < -0.3 is 4.74 Å². The first kappa shape index (κ1) is 23.2. The van der Waals surface area contributed by atoms with Crippen LogP contribution in [0, 0.1) is 16.0 Å². The standard InChI is InChI=1S/C20H15Cl2N3O7/c21-15-5-4-12(7-16(15)22)19(28)23-24-9-13(8-18(24)27)20(29)32-10-17(26)11-2-1-3-14(6-11)25(30)31/h1-7,13H,8-10H2,(H,23,28)/t13-/m1/s1. The molecule has 0 bridgehead atoms. The first-order valence-corrected chi connectivity index (χ1v) is 9.92. The van der Waals surface area contributed by atoms with E-state index in [2.05, 4.69) is 5.43 Å². The molecular formula is C20H15Cl2N3O7. The van der Waals surface area contributed by atoms with Gasteiger partial charge in [-0.25, -0.2) is 0 Å². The molecule has 2 amide bonds. The highest BCUT2D eigenvalue weighted by Crippen LogP contribution is 2.23. The van der Waals surface area contributed by atoms with E-state index in [9.17, 15) is 29.3 Å². The van der Waals surface area contributed by atoms with Gasteiger partial charge in [0.1, 0.15) is 0 Å². The minimum atomic E-state index is -0.894.